The first-order chi connectivity index (χ1) is 12.9. The molecule has 0 saturated heterocycles. The number of hydrogen-bond acceptors (Lipinski definition) is 3. The molecule has 3 aromatic rings. The van der Waals surface area contributed by atoms with Crippen LogP contribution in [0.2, 0.25) is 10.0 Å². The van der Waals surface area contributed by atoms with E-state index in [2.05, 4.69) is 12.2 Å². The number of hydrogen-bond donors (Lipinski definition) is 1. The highest BCUT2D eigenvalue weighted by Crippen LogP contribution is 2.35. The lowest BCUT2D eigenvalue weighted by atomic mass is 9.87. The van der Waals surface area contributed by atoms with E-state index in [1.807, 2.05) is 54.1 Å². The van der Waals surface area contributed by atoms with Crippen molar-refractivity contribution in [2.45, 2.75) is 26.7 Å². The number of fused-ring (bicyclic) bond motifs is 1. The van der Waals surface area contributed by atoms with Crippen LogP contribution in [0.1, 0.15) is 35.0 Å². The van der Waals surface area contributed by atoms with E-state index in [-0.39, 0.29) is 11.7 Å². The summed E-state index contributed by atoms with van der Waals surface area (Å²) in [6, 6.07) is 13.2. The third-order valence-corrected chi connectivity index (χ3v) is 5.35. The van der Waals surface area contributed by atoms with Gasteiger partial charge >= 0.3 is 0 Å². The Hall–Kier alpha value is -2.30. The van der Waals surface area contributed by atoms with Crippen molar-refractivity contribution >= 4 is 40.5 Å². The first-order valence-electron chi connectivity index (χ1n) is 8.86. The molecule has 1 unspecified atom stereocenters. The van der Waals surface area contributed by atoms with Gasteiger partial charge in [0, 0.05) is 11.4 Å². The number of nitrogens with one attached hydrogen (secondary N) is 1. The van der Waals surface area contributed by atoms with E-state index in [1.165, 1.54) is 0 Å². The van der Waals surface area contributed by atoms with Crippen LogP contribution >= 0.6 is 23.2 Å². The van der Waals surface area contributed by atoms with Gasteiger partial charge in [0.2, 0.25) is 0 Å². The van der Waals surface area contributed by atoms with Crippen LogP contribution in [0.25, 0.3) is 5.69 Å². The lowest BCUT2D eigenvalue weighted by Gasteiger charge is -2.19. The summed E-state index contributed by atoms with van der Waals surface area (Å²) in [4.78, 5) is 12.8. The van der Waals surface area contributed by atoms with Gasteiger partial charge in [-0.3, -0.25) is 4.79 Å². The van der Waals surface area contributed by atoms with Gasteiger partial charge in [-0.1, -0.05) is 36.2 Å². The van der Waals surface area contributed by atoms with Gasteiger partial charge < -0.3 is 5.32 Å². The fourth-order valence-electron chi connectivity index (χ4n) is 3.49. The Kier molecular flexibility index (Phi) is 4.70. The molecule has 2 aromatic carbocycles. The van der Waals surface area contributed by atoms with Crippen molar-refractivity contribution in [1.29, 1.82) is 0 Å². The Morgan fingerprint density at radius 1 is 1.11 bits per heavy atom. The van der Waals surface area contributed by atoms with Crippen LogP contribution in [0, 0.1) is 12.8 Å². The Labute approximate surface area is 168 Å². The van der Waals surface area contributed by atoms with E-state index < -0.39 is 0 Å². The van der Waals surface area contributed by atoms with Crippen LogP contribution in [-0.4, -0.2) is 15.6 Å². The summed E-state index contributed by atoms with van der Waals surface area (Å²) in [6.45, 7) is 4.07. The van der Waals surface area contributed by atoms with Crippen molar-refractivity contribution in [3.8, 4) is 5.69 Å². The maximum Gasteiger partial charge on any atom is 0.168 e. The average Bonchev–Trinajstić information content (AvgIpc) is 2.96. The number of Topliss-reactive ketones (excluding diaryl/α,β-unsaturated/α-hetero) is 1. The predicted octanol–water partition coefficient (Wildman–Crippen LogP) is 6.00. The lowest BCUT2D eigenvalue weighted by Crippen LogP contribution is -2.19. The molecule has 4 nitrogen and oxygen atoms in total. The van der Waals surface area contributed by atoms with Crippen molar-refractivity contribution in [3.05, 3.63) is 69.3 Å². The van der Waals surface area contributed by atoms with Gasteiger partial charge in [0.1, 0.15) is 0 Å². The molecule has 0 saturated carbocycles. The second kappa shape index (κ2) is 7.02. The zero-order chi connectivity index (χ0) is 19.1. The largest absolute Gasteiger partial charge is 0.337 e. The van der Waals surface area contributed by atoms with Crippen LogP contribution in [0.3, 0.4) is 0 Å². The van der Waals surface area contributed by atoms with E-state index in [0.717, 1.165) is 29.1 Å². The van der Waals surface area contributed by atoms with Crippen molar-refractivity contribution in [1.82, 2.24) is 9.78 Å². The van der Waals surface area contributed by atoms with Crippen molar-refractivity contribution in [2.24, 2.45) is 5.92 Å². The Morgan fingerprint density at radius 2 is 1.85 bits per heavy atom. The molecule has 0 bridgehead atoms. The molecule has 0 radical (unpaired) electrons. The summed E-state index contributed by atoms with van der Waals surface area (Å²) in [7, 11) is 0. The van der Waals surface area contributed by atoms with E-state index in [4.69, 9.17) is 28.3 Å². The van der Waals surface area contributed by atoms with Gasteiger partial charge in [-0.25, -0.2) is 4.68 Å². The summed E-state index contributed by atoms with van der Waals surface area (Å²) in [5, 5.41) is 9.24. The molecule has 1 N–H and O–H groups in total. The molecular formula is C21H19Cl2N3O. The summed E-state index contributed by atoms with van der Waals surface area (Å²) >= 11 is 12.4. The van der Waals surface area contributed by atoms with Crippen molar-refractivity contribution < 1.29 is 4.79 Å². The fourth-order valence-corrected chi connectivity index (χ4v) is 3.90. The molecule has 0 amide bonds. The second-order valence-corrected chi connectivity index (χ2v) is 7.95. The summed E-state index contributed by atoms with van der Waals surface area (Å²) in [5.74, 6) is 0.931. The number of carbonyl (C=O) groups excluding carboxylic acids is 1. The molecule has 27 heavy (non-hydrogen) atoms. The van der Waals surface area contributed by atoms with E-state index in [1.54, 1.807) is 0 Å². The van der Waals surface area contributed by atoms with E-state index in [0.29, 0.717) is 27.8 Å². The third-order valence-electron chi connectivity index (χ3n) is 4.78. The van der Waals surface area contributed by atoms with E-state index in [9.17, 15) is 4.79 Å². The number of benzene rings is 2. The molecule has 0 spiro atoms. The molecular weight excluding hydrogens is 381 g/mol. The minimum absolute atomic E-state index is 0.106. The molecule has 1 heterocycles. The second-order valence-electron chi connectivity index (χ2n) is 7.10. The van der Waals surface area contributed by atoms with Crippen molar-refractivity contribution in [3.63, 3.8) is 0 Å². The molecule has 1 aromatic heterocycles. The number of carbonyl (C=O) groups is 1. The fraction of sp³-hybridized carbons (Fsp3) is 0.238. The van der Waals surface area contributed by atoms with Gasteiger partial charge in [-0.05, 0) is 61.2 Å². The third kappa shape index (κ3) is 3.47. The van der Waals surface area contributed by atoms with Crippen LogP contribution in [-0.2, 0) is 6.42 Å². The predicted molar refractivity (Wildman–Crippen MR) is 110 cm³/mol. The highest BCUT2D eigenvalue weighted by Gasteiger charge is 2.31. The monoisotopic (exact) mass is 399 g/mol. The number of nitrogens with zero attached hydrogens (tertiary/aromatic N) is 2. The molecule has 1 aliphatic carbocycles. The quantitative estimate of drug-likeness (QED) is 0.587. The zero-order valence-electron chi connectivity index (χ0n) is 15.1. The summed E-state index contributed by atoms with van der Waals surface area (Å²) in [6.07, 6.45) is 1.32. The van der Waals surface area contributed by atoms with Crippen LogP contribution in [0.15, 0.2) is 42.5 Å². The van der Waals surface area contributed by atoms with Crippen molar-refractivity contribution in [2.75, 3.05) is 5.32 Å². The Bertz CT molecular complexity index is 1020. The molecule has 138 valence electrons. The Morgan fingerprint density at radius 3 is 2.56 bits per heavy atom. The lowest BCUT2D eigenvalue weighted by molar-refractivity contribution is 0.0953. The molecule has 1 aliphatic rings. The molecule has 4 rings (SSSR count). The highest BCUT2D eigenvalue weighted by atomic mass is 35.5. The van der Waals surface area contributed by atoms with Gasteiger partial charge in [0.25, 0.3) is 0 Å². The molecule has 0 aliphatic heterocycles. The maximum atomic E-state index is 12.8. The number of rotatable bonds is 3. The highest BCUT2D eigenvalue weighted by molar-refractivity contribution is 6.33. The minimum atomic E-state index is 0.106. The standard InChI is InChI=1S/C21H19Cl2N3O/c1-12-3-8-17(16(23)9-12)24-21-20-18(10-13(2)11-19(20)27)26(25-21)15-6-4-14(22)5-7-15/h3-9,13H,10-11H2,1-2H3,(H,24,25). The molecule has 1 atom stereocenters. The normalized spacial score (nSPS) is 16.3. The maximum absolute atomic E-state index is 12.8. The smallest absolute Gasteiger partial charge is 0.168 e. The average molecular weight is 400 g/mol. The van der Waals surface area contributed by atoms with Crippen LogP contribution in [0.4, 0.5) is 11.5 Å². The van der Waals surface area contributed by atoms with E-state index >= 15 is 0 Å². The van der Waals surface area contributed by atoms with Gasteiger partial charge in [-0.2, -0.15) is 0 Å². The number of aromatic nitrogens is 2. The summed E-state index contributed by atoms with van der Waals surface area (Å²) < 4.78 is 1.84. The number of anilines is 2. The van der Waals surface area contributed by atoms with Crippen LogP contribution < -0.4 is 5.32 Å². The summed E-state index contributed by atoms with van der Waals surface area (Å²) in [5.41, 5.74) is 4.26. The van der Waals surface area contributed by atoms with Gasteiger partial charge in [-0.15, -0.1) is 5.10 Å². The zero-order valence-corrected chi connectivity index (χ0v) is 16.6. The number of aryl methyl sites for hydroxylation is 1. The first-order valence-corrected chi connectivity index (χ1v) is 9.62. The van der Waals surface area contributed by atoms with Gasteiger partial charge in [0.15, 0.2) is 11.6 Å². The topological polar surface area (TPSA) is 46.9 Å². The number of halogens is 2. The first kappa shape index (κ1) is 18.1. The Balaban J connectivity index is 1.83. The minimum Gasteiger partial charge on any atom is -0.337 e. The SMILES string of the molecule is Cc1ccc(Nc2nn(-c3ccc(Cl)cc3)c3c2C(=O)CC(C)C3)c(Cl)c1. The molecule has 6 heteroatoms. The van der Waals surface area contributed by atoms with Crippen LogP contribution in [0.5, 0.6) is 0 Å². The van der Waals surface area contributed by atoms with Gasteiger partial charge in [0.05, 0.1) is 27.7 Å². The number of ketones is 1. The molecule has 0 fully saturated rings.